The summed E-state index contributed by atoms with van der Waals surface area (Å²) < 4.78 is 8.23. The van der Waals surface area contributed by atoms with Crippen molar-refractivity contribution < 1.29 is 0 Å². The Morgan fingerprint density at radius 2 is 0.483 bits per heavy atom. The zero-order valence-corrected chi connectivity index (χ0v) is 46.9. The Labute approximate surface area is 501 Å². The van der Waals surface area contributed by atoms with Gasteiger partial charge >= 0.3 is 0 Å². The molecule has 0 radical (unpaired) electrons. The van der Waals surface area contributed by atoms with Gasteiger partial charge in [0.15, 0.2) is 0 Å². The first kappa shape index (κ1) is 45.3. The van der Waals surface area contributed by atoms with E-state index in [1.807, 2.05) is 0 Å². The van der Waals surface area contributed by atoms with E-state index in [1.54, 1.807) is 0 Å². The molecule has 0 saturated heterocycles. The monoisotopic (exact) mass is 1100 g/mol. The summed E-state index contributed by atoms with van der Waals surface area (Å²) >= 11 is 0. The molecule has 6 aliphatic heterocycles. The smallest absolute Gasteiger partial charge is 0.252 e. The molecule has 396 valence electrons. The first-order chi connectivity index (χ1) is 43.3. The zero-order valence-electron chi connectivity index (χ0n) is 46.9. The molecule has 0 unspecified atom stereocenters. The molecule has 6 aliphatic rings. The van der Waals surface area contributed by atoms with E-state index in [2.05, 4.69) is 301 Å². The Morgan fingerprint density at radius 1 is 0.184 bits per heavy atom. The van der Waals surface area contributed by atoms with E-state index in [0.717, 1.165) is 17.1 Å². The van der Waals surface area contributed by atoms with Crippen LogP contribution in [-0.4, -0.2) is 33.8 Å². The summed E-state index contributed by atoms with van der Waals surface area (Å²) in [6.07, 6.45) is 0. The molecule has 9 heterocycles. The van der Waals surface area contributed by atoms with Gasteiger partial charge in [0.1, 0.15) is 0 Å². The third-order valence-corrected chi connectivity index (χ3v) is 20.7. The van der Waals surface area contributed by atoms with Gasteiger partial charge in [-0.1, -0.05) is 182 Å². The van der Waals surface area contributed by atoms with Crippen LogP contribution in [0.2, 0.25) is 0 Å². The van der Waals surface area contributed by atoms with Crippen molar-refractivity contribution in [2.45, 2.75) is 0 Å². The van der Waals surface area contributed by atoms with Gasteiger partial charge in [-0.3, -0.25) is 0 Å². The number of benzene rings is 13. The number of aromatic nitrogens is 3. The second-order valence-electron chi connectivity index (χ2n) is 24.5. The molecule has 0 atom stereocenters. The minimum absolute atomic E-state index is 0.00328. The molecular formula is C78H45B3N6. The van der Waals surface area contributed by atoms with E-state index in [4.69, 9.17) is 0 Å². The van der Waals surface area contributed by atoms with Crippen LogP contribution in [0.3, 0.4) is 0 Å². The van der Waals surface area contributed by atoms with Gasteiger partial charge in [-0.2, -0.15) is 0 Å². The van der Waals surface area contributed by atoms with E-state index in [0.29, 0.717) is 0 Å². The standard InChI is InChI=1S/C78H45B3N6/c1-4-22-46(23-5-1)82-60-37-17-12-31-54(60)81-57-34-20-28-49-67-76-68(50-42-44-65-71-74(50)85(76)61-38-18-13-32-55(61)79(71)52-29-10-15-35-58(52)83(65)47-24-6-2-7-25-47)77-69(78(67)87(73(49)57)64-41-21-40-63(82)70(64)81)51-43-45-66-72-75(51)86(77)62-39-19-14-33-56(62)80(72)53-30-11-16-36-59(53)84(66)48-26-8-3-9-27-48/h1-45H. The lowest BCUT2D eigenvalue weighted by atomic mass is 9.34. The molecule has 87 heavy (non-hydrogen) atoms. The summed E-state index contributed by atoms with van der Waals surface area (Å²) in [5.74, 6) is 0. The fourth-order valence-electron chi connectivity index (χ4n) is 17.8. The van der Waals surface area contributed by atoms with E-state index >= 15 is 0 Å². The molecule has 0 saturated carbocycles. The maximum Gasteiger partial charge on any atom is 0.252 e. The largest absolute Gasteiger partial charge is 0.311 e. The van der Waals surface area contributed by atoms with Gasteiger partial charge in [-0.15, -0.1) is 0 Å². The van der Waals surface area contributed by atoms with Gasteiger partial charge in [0.2, 0.25) is 0 Å². The highest BCUT2D eigenvalue weighted by Gasteiger charge is 2.48. The Bertz CT molecular complexity index is 5830. The van der Waals surface area contributed by atoms with Crippen LogP contribution in [-0.2, 0) is 0 Å². The van der Waals surface area contributed by atoms with Crippen LogP contribution >= 0.6 is 0 Å². The maximum atomic E-state index is 2.75. The van der Waals surface area contributed by atoms with Crippen molar-refractivity contribution in [3.63, 3.8) is 0 Å². The molecule has 0 spiro atoms. The van der Waals surface area contributed by atoms with E-state index < -0.39 is 0 Å². The molecule has 0 amide bonds. The predicted octanol–water partition coefficient (Wildman–Crippen LogP) is 12.8. The average Bonchev–Trinajstić information content (AvgIpc) is 1.50. The summed E-state index contributed by atoms with van der Waals surface area (Å²) in [6, 6.07) is 104. The second-order valence-corrected chi connectivity index (χ2v) is 24.5. The zero-order chi connectivity index (χ0) is 56.1. The van der Waals surface area contributed by atoms with Gasteiger partial charge < -0.3 is 28.4 Å². The molecule has 6 nitrogen and oxygen atoms in total. The summed E-state index contributed by atoms with van der Waals surface area (Å²) in [4.78, 5) is 7.58. The highest BCUT2D eigenvalue weighted by Crippen LogP contribution is 2.54. The Kier molecular flexibility index (Phi) is 8.32. The number of fused-ring (bicyclic) bond motifs is 26. The summed E-state index contributed by atoms with van der Waals surface area (Å²) in [7, 11) is 0. The van der Waals surface area contributed by atoms with Gasteiger partial charge in [0.25, 0.3) is 20.1 Å². The van der Waals surface area contributed by atoms with Crippen LogP contribution in [0.25, 0.3) is 82.5 Å². The van der Waals surface area contributed by atoms with Crippen LogP contribution in [0.15, 0.2) is 273 Å². The molecule has 13 aromatic carbocycles. The number of para-hydroxylation sites is 9. The third-order valence-electron chi connectivity index (χ3n) is 20.7. The maximum absolute atomic E-state index is 2.75. The first-order valence-corrected chi connectivity index (χ1v) is 30.6. The fraction of sp³-hybridized carbons (Fsp3) is 0. The van der Waals surface area contributed by atoms with E-state index in [-0.39, 0.29) is 20.1 Å². The van der Waals surface area contributed by atoms with Crippen LogP contribution in [0, 0.1) is 0 Å². The molecule has 0 bridgehead atoms. The van der Waals surface area contributed by atoms with Crippen LogP contribution in [0.4, 0.5) is 51.2 Å². The predicted molar refractivity (Wildman–Crippen MR) is 367 cm³/mol. The van der Waals surface area contributed by atoms with Gasteiger partial charge in [-0.05, 0) is 140 Å². The molecule has 0 fully saturated rings. The quantitative estimate of drug-likeness (QED) is 0.165. The van der Waals surface area contributed by atoms with Crippen molar-refractivity contribution in [2.75, 3.05) is 14.7 Å². The molecule has 0 aliphatic carbocycles. The summed E-state index contributed by atoms with van der Waals surface area (Å²) in [5.41, 5.74) is 34.0. The number of nitrogens with zero attached hydrogens (tertiary/aromatic N) is 6. The van der Waals surface area contributed by atoms with Gasteiger partial charge in [0, 0.05) is 106 Å². The Morgan fingerprint density at radius 3 is 0.920 bits per heavy atom. The van der Waals surface area contributed by atoms with E-state index in [1.165, 1.54) is 166 Å². The SMILES string of the molecule is c1ccc(N2c3ccccc3B3c4c2cccc4-n2c4c3cccc4c3c2c2c4ccc5c6c4n(c2c2c4ccc7c8c4n(c32)-c2ccccc2B8c2ccccc2N7c2ccccc2)-c2ccccc2B6c2ccccc2N5c2ccccc2)cc1. The molecular weight excluding hydrogens is 1050 g/mol. The van der Waals surface area contributed by atoms with Crippen molar-refractivity contribution in [3.8, 4) is 17.1 Å². The number of anilines is 9. The third kappa shape index (κ3) is 5.30. The Balaban J connectivity index is 0.998. The minimum atomic E-state index is -0.00624. The van der Waals surface area contributed by atoms with E-state index in [9.17, 15) is 0 Å². The van der Waals surface area contributed by atoms with Crippen molar-refractivity contribution in [3.05, 3.63) is 273 Å². The second kappa shape index (κ2) is 16.0. The van der Waals surface area contributed by atoms with Crippen LogP contribution in [0.1, 0.15) is 0 Å². The van der Waals surface area contributed by atoms with Gasteiger partial charge in [-0.25, -0.2) is 0 Å². The minimum Gasteiger partial charge on any atom is -0.311 e. The van der Waals surface area contributed by atoms with Gasteiger partial charge in [0.05, 0.1) is 27.6 Å². The lowest BCUT2D eigenvalue weighted by molar-refractivity contribution is 1.17. The van der Waals surface area contributed by atoms with Crippen LogP contribution in [0.5, 0.6) is 0 Å². The van der Waals surface area contributed by atoms with Crippen molar-refractivity contribution >= 4 is 186 Å². The molecule has 22 rings (SSSR count). The highest BCUT2D eigenvalue weighted by molar-refractivity contribution is 7.02. The molecule has 9 heteroatoms. The van der Waals surface area contributed by atoms with Crippen molar-refractivity contribution in [2.24, 2.45) is 0 Å². The number of hydrogen-bond acceptors (Lipinski definition) is 3. The van der Waals surface area contributed by atoms with Crippen LogP contribution < -0.4 is 63.9 Å². The number of hydrogen-bond donors (Lipinski definition) is 0. The van der Waals surface area contributed by atoms with Crippen molar-refractivity contribution in [1.29, 1.82) is 0 Å². The average molecular weight is 1100 g/mol. The highest BCUT2D eigenvalue weighted by atomic mass is 15.2. The lowest BCUT2D eigenvalue weighted by Crippen LogP contribution is -2.60. The summed E-state index contributed by atoms with van der Waals surface area (Å²) in [5, 5.41) is 7.65. The summed E-state index contributed by atoms with van der Waals surface area (Å²) in [6.45, 7) is -0.0158. The molecule has 16 aromatic rings. The first-order valence-electron chi connectivity index (χ1n) is 30.6. The number of rotatable bonds is 3. The Hall–Kier alpha value is -11.1. The fourth-order valence-corrected chi connectivity index (χ4v) is 17.8. The van der Waals surface area contributed by atoms with Crippen molar-refractivity contribution in [1.82, 2.24) is 13.7 Å². The molecule has 0 N–H and O–H groups in total. The topological polar surface area (TPSA) is 24.5 Å². The lowest BCUT2D eigenvalue weighted by Gasteiger charge is -2.40. The molecule has 3 aromatic heterocycles. The normalized spacial score (nSPS) is 14.1.